The van der Waals surface area contributed by atoms with E-state index in [1.54, 1.807) is 11.8 Å². The van der Waals surface area contributed by atoms with Crippen LogP contribution in [0.5, 0.6) is 0 Å². The van der Waals surface area contributed by atoms with Gasteiger partial charge in [-0.05, 0) is 36.2 Å². The van der Waals surface area contributed by atoms with Crippen LogP contribution in [0.2, 0.25) is 0 Å². The van der Waals surface area contributed by atoms with E-state index >= 15 is 0 Å². The second kappa shape index (κ2) is 8.62. The molecule has 2 N–H and O–H groups in total. The lowest BCUT2D eigenvalue weighted by Crippen LogP contribution is -2.34. The highest BCUT2D eigenvalue weighted by atomic mass is 32.2. The summed E-state index contributed by atoms with van der Waals surface area (Å²) in [6.45, 7) is 2.22. The van der Waals surface area contributed by atoms with Crippen molar-refractivity contribution in [2.45, 2.75) is 51.9 Å². The zero-order valence-corrected chi connectivity index (χ0v) is 15.8. The van der Waals surface area contributed by atoms with Crippen LogP contribution in [-0.2, 0) is 14.4 Å². The lowest BCUT2D eigenvalue weighted by Gasteiger charge is -2.16. The molecular weight excluding hydrogens is 352 g/mol. The van der Waals surface area contributed by atoms with Crippen molar-refractivity contribution in [3.8, 4) is 0 Å². The minimum atomic E-state index is -0.261. The van der Waals surface area contributed by atoms with Crippen LogP contribution in [0.3, 0.4) is 0 Å². The van der Waals surface area contributed by atoms with Crippen molar-refractivity contribution in [3.63, 3.8) is 0 Å². The molecule has 1 unspecified atom stereocenters. The monoisotopic (exact) mass is 376 g/mol. The smallest absolute Gasteiger partial charge is 0.261 e. The molecule has 0 bridgehead atoms. The Bertz CT molecular complexity index is 711. The maximum absolute atomic E-state index is 12.5. The summed E-state index contributed by atoms with van der Waals surface area (Å²) in [4.78, 5) is 45.2. The minimum absolute atomic E-state index is 0.124. The van der Waals surface area contributed by atoms with E-state index in [-0.39, 0.29) is 30.1 Å². The Labute approximate surface area is 157 Å². The molecule has 0 aromatic rings. The fourth-order valence-electron chi connectivity index (χ4n) is 3.39. The number of hydrogen-bond acceptors (Lipinski definition) is 5. The first-order valence-corrected chi connectivity index (χ1v) is 9.97. The zero-order chi connectivity index (χ0) is 18.5. The van der Waals surface area contributed by atoms with E-state index in [0.717, 1.165) is 24.3 Å². The Morgan fingerprint density at radius 2 is 1.88 bits per heavy atom. The number of rotatable bonds is 6. The number of carbonyl (C=O) groups is 3. The van der Waals surface area contributed by atoms with Gasteiger partial charge in [-0.3, -0.25) is 14.4 Å². The lowest BCUT2D eigenvalue weighted by molar-refractivity contribution is -0.122. The number of aliphatic imine (C=N–C) groups is 2. The van der Waals surface area contributed by atoms with Gasteiger partial charge in [0.25, 0.3) is 5.91 Å². The SMILES string of the molecule is CC(=O)NCCNC(=O)CCC1=NC(=O)C2C(=N1)SC1=C2CCCCC1. The summed E-state index contributed by atoms with van der Waals surface area (Å²) >= 11 is 1.64. The van der Waals surface area contributed by atoms with Gasteiger partial charge in [-0.1, -0.05) is 18.2 Å². The van der Waals surface area contributed by atoms with E-state index in [1.807, 2.05) is 0 Å². The van der Waals surface area contributed by atoms with E-state index in [9.17, 15) is 14.4 Å². The Kier molecular flexibility index (Phi) is 6.24. The van der Waals surface area contributed by atoms with E-state index in [0.29, 0.717) is 25.3 Å². The van der Waals surface area contributed by atoms with Gasteiger partial charge in [0, 0.05) is 32.9 Å². The number of amides is 3. The summed E-state index contributed by atoms with van der Waals surface area (Å²) in [6.07, 6.45) is 6.10. The quantitative estimate of drug-likeness (QED) is 0.692. The molecule has 0 aromatic carbocycles. The number of amidine groups is 1. The summed E-state index contributed by atoms with van der Waals surface area (Å²) < 4.78 is 0. The van der Waals surface area contributed by atoms with Gasteiger partial charge in [-0.25, -0.2) is 4.99 Å². The van der Waals surface area contributed by atoms with Crippen LogP contribution >= 0.6 is 11.8 Å². The van der Waals surface area contributed by atoms with Crippen LogP contribution in [0.4, 0.5) is 0 Å². The Morgan fingerprint density at radius 1 is 1.12 bits per heavy atom. The van der Waals surface area contributed by atoms with Crippen LogP contribution in [0.1, 0.15) is 51.9 Å². The van der Waals surface area contributed by atoms with Gasteiger partial charge in [0.1, 0.15) is 11.8 Å². The molecule has 140 valence electrons. The van der Waals surface area contributed by atoms with Crippen LogP contribution in [0.15, 0.2) is 20.5 Å². The lowest BCUT2D eigenvalue weighted by atomic mass is 9.94. The molecule has 2 heterocycles. The Hall–Kier alpha value is -1.96. The highest BCUT2D eigenvalue weighted by Crippen LogP contribution is 2.46. The third-order valence-electron chi connectivity index (χ3n) is 4.65. The molecule has 3 amide bonds. The summed E-state index contributed by atoms with van der Waals surface area (Å²) in [7, 11) is 0. The average molecular weight is 376 g/mol. The third kappa shape index (κ3) is 4.60. The first kappa shape index (κ1) is 18.8. The van der Waals surface area contributed by atoms with E-state index in [2.05, 4.69) is 20.6 Å². The van der Waals surface area contributed by atoms with Crippen molar-refractivity contribution in [2.24, 2.45) is 15.9 Å². The number of thioether (sulfide) groups is 1. The number of carbonyl (C=O) groups excluding carboxylic acids is 3. The summed E-state index contributed by atoms with van der Waals surface area (Å²) in [5, 5.41) is 6.19. The number of fused-ring (bicyclic) bond motifs is 2. The maximum Gasteiger partial charge on any atom is 0.261 e. The molecule has 8 heteroatoms. The minimum Gasteiger partial charge on any atom is -0.355 e. The second-order valence-electron chi connectivity index (χ2n) is 6.69. The summed E-state index contributed by atoms with van der Waals surface area (Å²) in [6, 6.07) is 0. The van der Waals surface area contributed by atoms with Gasteiger partial charge >= 0.3 is 0 Å². The van der Waals surface area contributed by atoms with Crippen LogP contribution < -0.4 is 10.6 Å². The van der Waals surface area contributed by atoms with Gasteiger partial charge in [-0.2, -0.15) is 4.99 Å². The number of hydrogen-bond donors (Lipinski definition) is 2. The highest BCUT2D eigenvalue weighted by Gasteiger charge is 2.39. The van der Waals surface area contributed by atoms with Crippen molar-refractivity contribution in [1.29, 1.82) is 0 Å². The molecule has 0 radical (unpaired) electrons. The maximum atomic E-state index is 12.5. The number of nitrogens with one attached hydrogen (secondary N) is 2. The molecule has 0 aromatic heterocycles. The largest absolute Gasteiger partial charge is 0.355 e. The van der Waals surface area contributed by atoms with E-state index in [1.165, 1.54) is 30.2 Å². The fourth-order valence-corrected chi connectivity index (χ4v) is 4.75. The van der Waals surface area contributed by atoms with Gasteiger partial charge in [-0.15, -0.1) is 0 Å². The van der Waals surface area contributed by atoms with E-state index < -0.39 is 0 Å². The molecule has 1 aliphatic carbocycles. The predicted molar refractivity (Wildman–Crippen MR) is 102 cm³/mol. The van der Waals surface area contributed by atoms with Crippen molar-refractivity contribution in [1.82, 2.24) is 10.6 Å². The van der Waals surface area contributed by atoms with Gasteiger partial charge in [0.2, 0.25) is 11.8 Å². The van der Waals surface area contributed by atoms with Crippen LogP contribution in [-0.4, -0.2) is 41.7 Å². The third-order valence-corrected chi connectivity index (χ3v) is 5.90. The average Bonchev–Trinajstić information content (AvgIpc) is 2.79. The summed E-state index contributed by atoms with van der Waals surface area (Å²) in [5.41, 5.74) is 1.23. The van der Waals surface area contributed by atoms with Crippen LogP contribution in [0, 0.1) is 5.92 Å². The zero-order valence-electron chi connectivity index (χ0n) is 15.0. The van der Waals surface area contributed by atoms with Gasteiger partial charge < -0.3 is 10.6 Å². The first-order valence-electron chi connectivity index (χ1n) is 9.15. The molecule has 1 atom stereocenters. The van der Waals surface area contributed by atoms with Gasteiger partial charge in [0.05, 0.1) is 5.04 Å². The standard InChI is InChI=1S/C18H24N4O3S/c1-11(23)19-9-10-20-15(24)8-7-14-21-17(25)16-12-5-3-2-4-6-13(12)26-18(16)22-14/h16H,2-10H2,1H3,(H,19,23)(H,20,24). The predicted octanol–water partition coefficient (Wildman–Crippen LogP) is 1.94. The Balaban J connectivity index is 1.51. The number of nitrogens with zero attached hydrogens (tertiary/aromatic N) is 2. The van der Waals surface area contributed by atoms with Crippen molar-refractivity contribution in [2.75, 3.05) is 13.1 Å². The molecule has 0 saturated heterocycles. The number of allylic oxidation sites excluding steroid dienone is 1. The second-order valence-corrected chi connectivity index (χ2v) is 7.81. The molecule has 2 aliphatic heterocycles. The summed E-state index contributed by atoms with van der Waals surface area (Å²) in [5.74, 6) is -0.205. The van der Waals surface area contributed by atoms with Gasteiger partial charge in [0.15, 0.2) is 0 Å². The molecule has 3 aliphatic rings. The first-order chi connectivity index (χ1) is 12.5. The van der Waals surface area contributed by atoms with Crippen molar-refractivity contribution in [3.05, 3.63) is 10.5 Å². The van der Waals surface area contributed by atoms with Crippen molar-refractivity contribution >= 4 is 40.4 Å². The topological polar surface area (TPSA) is 100.0 Å². The van der Waals surface area contributed by atoms with Crippen LogP contribution in [0.25, 0.3) is 0 Å². The normalized spacial score (nSPS) is 22.0. The molecule has 3 rings (SSSR count). The Morgan fingerprint density at radius 3 is 2.69 bits per heavy atom. The molecule has 0 spiro atoms. The molecule has 7 nitrogen and oxygen atoms in total. The van der Waals surface area contributed by atoms with Crippen molar-refractivity contribution < 1.29 is 14.4 Å². The molecular formula is C18H24N4O3S. The highest BCUT2D eigenvalue weighted by molar-refractivity contribution is 8.17. The van der Waals surface area contributed by atoms with E-state index in [4.69, 9.17) is 0 Å². The molecule has 0 saturated carbocycles. The fraction of sp³-hybridized carbons (Fsp3) is 0.611. The molecule has 26 heavy (non-hydrogen) atoms. The molecule has 0 fully saturated rings.